The Bertz CT molecular complexity index is 335. The molecule has 1 unspecified atom stereocenters. The number of phenolic OH excluding ortho intramolecular Hbond substituents is 1. The molecule has 1 aliphatic heterocycles. The molecular weight excluding hydrogens is 166 g/mol. The van der Waals surface area contributed by atoms with Crippen LogP contribution in [0.2, 0.25) is 0 Å². The molecule has 1 aliphatic rings. The minimum atomic E-state index is 0.0632. The number of benzene rings is 1. The Morgan fingerprint density at radius 2 is 2.15 bits per heavy atom. The van der Waals surface area contributed by atoms with Gasteiger partial charge in [-0.05, 0) is 11.6 Å². The molecule has 0 aromatic heterocycles. The maximum Gasteiger partial charge on any atom is 0.220 e. The van der Waals surface area contributed by atoms with Crippen LogP contribution in [0.3, 0.4) is 0 Å². The third kappa shape index (κ3) is 1.49. The second kappa shape index (κ2) is 3.09. The molecule has 3 heteroatoms. The first-order chi connectivity index (χ1) is 6.27. The molecule has 1 aromatic carbocycles. The molecule has 1 fully saturated rings. The van der Waals surface area contributed by atoms with Gasteiger partial charge in [0.05, 0.1) is 0 Å². The normalized spacial score (nSPS) is 21.5. The van der Waals surface area contributed by atoms with E-state index in [2.05, 4.69) is 5.32 Å². The fourth-order valence-electron chi connectivity index (χ4n) is 1.66. The van der Waals surface area contributed by atoms with E-state index in [0.717, 1.165) is 5.56 Å². The topological polar surface area (TPSA) is 49.3 Å². The van der Waals surface area contributed by atoms with E-state index in [9.17, 15) is 9.90 Å². The Hall–Kier alpha value is -1.51. The monoisotopic (exact) mass is 177 g/mol. The molecule has 0 spiro atoms. The summed E-state index contributed by atoms with van der Waals surface area (Å²) in [6.45, 7) is 0.635. The number of rotatable bonds is 1. The van der Waals surface area contributed by atoms with Crippen LogP contribution in [0.15, 0.2) is 24.3 Å². The highest BCUT2D eigenvalue weighted by atomic mass is 16.3. The second-order valence-corrected chi connectivity index (χ2v) is 3.26. The van der Waals surface area contributed by atoms with Crippen LogP contribution in [0, 0.1) is 0 Å². The van der Waals surface area contributed by atoms with Gasteiger partial charge in [-0.25, -0.2) is 0 Å². The molecule has 0 bridgehead atoms. The summed E-state index contributed by atoms with van der Waals surface area (Å²) in [5.41, 5.74) is 0.862. The number of hydrogen-bond donors (Lipinski definition) is 2. The second-order valence-electron chi connectivity index (χ2n) is 3.26. The lowest BCUT2D eigenvalue weighted by atomic mass is 9.97. The van der Waals surface area contributed by atoms with E-state index in [1.165, 1.54) is 0 Å². The van der Waals surface area contributed by atoms with Crippen molar-refractivity contribution in [3.05, 3.63) is 29.8 Å². The predicted octanol–water partition coefficient (Wildman–Crippen LogP) is 0.996. The number of amides is 1. The molecule has 1 heterocycles. The maximum absolute atomic E-state index is 10.9. The molecule has 3 nitrogen and oxygen atoms in total. The average Bonchev–Trinajstić information content (AvgIpc) is 2.53. The van der Waals surface area contributed by atoms with Crippen molar-refractivity contribution in [3.8, 4) is 5.75 Å². The molecule has 0 radical (unpaired) electrons. The van der Waals surface area contributed by atoms with Crippen LogP contribution >= 0.6 is 0 Å². The Morgan fingerprint density at radius 1 is 1.38 bits per heavy atom. The summed E-state index contributed by atoms with van der Waals surface area (Å²) in [5.74, 6) is 0.478. The van der Waals surface area contributed by atoms with E-state index in [1.54, 1.807) is 12.1 Å². The van der Waals surface area contributed by atoms with Crippen LogP contribution in [0.1, 0.15) is 17.9 Å². The van der Waals surface area contributed by atoms with Gasteiger partial charge in [-0.3, -0.25) is 4.79 Å². The van der Waals surface area contributed by atoms with Crippen LogP contribution < -0.4 is 5.32 Å². The minimum Gasteiger partial charge on any atom is -0.508 e. The summed E-state index contributed by atoms with van der Waals surface area (Å²) in [5, 5.41) is 12.3. The molecule has 68 valence electrons. The van der Waals surface area contributed by atoms with Crippen molar-refractivity contribution < 1.29 is 9.90 Å². The van der Waals surface area contributed by atoms with Gasteiger partial charge in [0, 0.05) is 18.9 Å². The highest BCUT2D eigenvalue weighted by Gasteiger charge is 2.24. The van der Waals surface area contributed by atoms with E-state index < -0.39 is 0 Å². The Balaban J connectivity index is 2.26. The molecule has 1 amide bonds. The molecular formula is C10H11NO2. The maximum atomic E-state index is 10.9. The van der Waals surface area contributed by atoms with Crippen molar-refractivity contribution in [1.82, 2.24) is 5.32 Å². The largest absolute Gasteiger partial charge is 0.508 e. The van der Waals surface area contributed by atoms with E-state index in [1.807, 2.05) is 12.1 Å². The van der Waals surface area contributed by atoms with E-state index >= 15 is 0 Å². The summed E-state index contributed by atoms with van der Waals surface area (Å²) in [4.78, 5) is 10.9. The Kier molecular flexibility index (Phi) is 1.93. The lowest BCUT2D eigenvalue weighted by molar-refractivity contribution is -0.119. The first kappa shape index (κ1) is 8.10. The van der Waals surface area contributed by atoms with Crippen molar-refractivity contribution in [2.24, 2.45) is 0 Å². The number of phenols is 1. The minimum absolute atomic E-state index is 0.0632. The summed E-state index contributed by atoms with van der Waals surface area (Å²) in [7, 11) is 0. The number of carbonyl (C=O) groups is 1. The lowest BCUT2D eigenvalue weighted by Gasteiger charge is -2.08. The predicted molar refractivity (Wildman–Crippen MR) is 48.5 cm³/mol. The highest BCUT2D eigenvalue weighted by molar-refractivity contribution is 5.79. The lowest BCUT2D eigenvalue weighted by Crippen LogP contribution is -2.13. The molecule has 2 rings (SSSR count). The number of nitrogens with one attached hydrogen (secondary N) is 1. The van der Waals surface area contributed by atoms with Crippen LogP contribution in [-0.2, 0) is 4.79 Å². The van der Waals surface area contributed by atoms with Crippen LogP contribution in [0.25, 0.3) is 0 Å². The first-order valence-corrected chi connectivity index (χ1v) is 4.32. The van der Waals surface area contributed by atoms with Crippen LogP contribution in [0.5, 0.6) is 5.75 Å². The molecule has 1 atom stereocenters. The standard InChI is InChI=1S/C10H11NO2/c12-9-4-2-1-3-8(9)7-5-10(13)11-6-7/h1-4,7,12H,5-6H2,(H,11,13). The number of para-hydroxylation sites is 1. The van der Waals surface area contributed by atoms with Crippen molar-refractivity contribution in [2.75, 3.05) is 6.54 Å². The quantitative estimate of drug-likeness (QED) is 0.672. The van der Waals surface area contributed by atoms with Gasteiger partial charge in [0.15, 0.2) is 0 Å². The fourth-order valence-corrected chi connectivity index (χ4v) is 1.66. The number of aromatic hydroxyl groups is 1. The molecule has 0 aliphatic carbocycles. The van der Waals surface area contributed by atoms with Gasteiger partial charge in [-0.2, -0.15) is 0 Å². The molecule has 1 saturated heterocycles. The van der Waals surface area contributed by atoms with E-state index in [4.69, 9.17) is 0 Å². The van der Waals surface area contributed by atoms with Gasteiger partial charge in [0.1, 0.15) is 5.75 Å². The summed E-state index contributed by atoms with van der Waals surface area (Å²) in [6, 6.07) is 7.17. The van der Waals surface area contributed by atoms with Crippen LogP contribution in [-0.4, -0.2) is 17.6 Å². The fraction of sp³-hybridized carbons (Fsp3) is 0.300. The van der Waals surface area contributed by atoms with Crippen molar-refractivity contribution in [3.63, 3.8) is 0 Å². The Morgan fingerprint density at radius 3 is 2.77 bits per heavy atom. The Labute approximate surface area is 76.4 Å². The van der Waals surface area contributed by atoms with Gasteiger partial charge < -0.3 is 10.4 Å². The highest BCUT2D eigenvalue weighted by Crippen LogP contribution is 2.29. The van der Waals surface area contributed by atoms with Gasteiger partial charge in [-0.1, -0.05) is 18.2 Å². The van der Waals surface area contributed by atoms with Gasteiger partial charge >= 0.3 is 0 Å². The number of carbonyl (C=O) groups excluding carboxylic acids is 1. The molecule has 0 saturated carbocycles. The van der Waals surface area contributed by atoms with Crippen LogP contribution in [0.4, 0.5) is 0 Å². The van der Waals surface area contributed by atoms with E-state index in [0.29, 0.717) is 13.0 Å². The van der Waals surface area contributed by atoms with Gasteiger partial charge in [-0.15, -0.1) is 0 Å². The van der Waals surface area contributed by atoms with Gasteiger partial charge in [0.25, 0.3) is 0 Å². The van der Waals surface area contributed by atoms with Crippen molar-refractivity contribution >= 4 is 5.91 Å². The number of hydrogen-bond acceptors (Lipinski definition) is 2. The molecule has 1 aromatic rings. The SMILES string of the molecule is O=C1CC(c2ccccc2O)CN1. The summed E-state index contributed by atoms with van der Waals surface area (Å²) >= 11 is 0. The zero-order chi connectivity index (χ0) is 9.26. The van der Waals surface area contributed by atoms with Gasteiger partial charge in [0.2, 0.25) is 5.91 Å². The van der Waals surface area contributed by atoms with Crippen molar-refractivity contribution in [2.45, 2.75) is 12.3 Å². The molecule has 13 heavy (non-hydrogen) atoms. The van der Waals surface area contributed by atoms with E-state index in [-0.39, 0.29) is 17.6 Å². The summed E-state index contributed by atoms with van der Waals surface area (Å²) in [6.07, 6.45) is 0.484. The third-order valence-electron chi connectivity index (χ3n) is 2.35. The first-order valence-electron chi connectivity index (χ1n) is 4.32. The molecule has 2 N–H and O–H groups in total. The average molecular weight is 177 g/mol. The van der Waals surface area contributed by atoms with Crippen molar-refractivity contribution in [1.29, 1.82) is 0 Å². The smallest absolute Gasteiger partial charge is 0.220 e. The zero-order valence-corrected chi connectivity index (χ0v) is 7.16. The zero-order valence-electron chi connectivity index (χ0n) is 7.16. The summed E-state index contributed by atoms with van der Waals surface area (Å²) < 4.78 is 0. The third-order valence-corrected chi connectivity index (χ3v) is 2.35.